The number of carbonyl (C=O) groups is 2. The van der Waals surface area contributed by atoms with E-state index in [1.165, 1.54) is 161 Å². The molecule has 1 N–H and O–H groups in total. The average Bonchev–Trinajstić information content (AvgIpc) is 2.96. The van der Waals surface area contributed by atoms with Crippen LogP contribution in [0.15, 0.2) is 0 Å². The summed E-state index contributed by atoms with van der Waals surface area (Å²) in [6.45, 7) is 4.34. The molecule has 0 rings (SSSR count). The van der Waals surface area contributed by atoms with E-state index < -0.39 is 5.97 Å². The van der Waals surface area contributed by atoms with Crippen molar-refractivity contribution in [1.82, 2.24) is 0 Å². The first kappa shape index (κ1) is 40.9. The molecule has 0 bridgehead atoms. The Morgan fingerprint density at radius 1 is 0.452 bits per heavy atom. The second-order valence-electron chi connectivity index (χ2n) is 13.2. The molecule has 1 atom stereocenters. The molecule has 0 saturated heterocycles. The lowest BCUT2D eigenvalue weighted by Gasteiger charge is -2.13. The molecule has 0 radical (unpaired) electrons. The number of carbonyl (C=O) groups excluding carboxylic acids is 1. The van der Waals surface area contributed by atoms with E-state index in [9.17, 15) is 9.59 Å². The maximum absolute atomic E-state index is 12.1. The molecule has 4 heteroatoms. The van der Waals surface area contributed by atoms with E-state index >= 15 is 0 Å². The number of aliphatic carboxylic acids is 1. The van der Waals surface area contributed by atoms with Crippen molar-refractivity contribution in [2.24, 2.45) is 0 Å². The molecule has 0 aromatic rings. The zero-order valence-electron chi connectivity index (χ0n) is 28.6. The van der Waals surface area contributed by atoms with E-state index in [1.807, 2.05) is 0 Å². The van der Waals surface area contributed by atoms with Crippen molar-refractivity contribution in [3.8, 4) is 0 Å². The van der Waals surface area contributed by atoms with E-state index in [0.29, 0.717) is 12.8 Å². The van der Waals surface area contributed by atoms with Crippen molar-refractivity contribution >= 4 is 11.9 Å². The number of unbranched alkanes of at least 4 members (excludes halogenated alkanes) is 28. The van der Waals surface area contributed by atoms with Crippen LogP contribution in [0.1, 0.15) is 226 Å². The minimum absolute atomic E-state index is 0.00344. The molecule has 0 amide bonds. The van der Waals surface area contributed by atoms with Gasteiger partial charge in [0.15, 0.2) is 0 Å². The summed E-state index contributed by atoms with van der Waals surface area (Å²) in [6, 6.07) is 0. The Hall–Kier alpha value is -1.06. The number of rotatable bonds is 35. The fourth-order valence-corrected chi connectivity index (χ4v) is 5.99. The highest BCUT2D eigenvalue weighted by atomic mass is 16.5. The number of hydrogen-bond acceptors (Lipinski definition) is 3. The predicted molar refractivity (Wildman–Crippen MR) is 181 cm³/mol. The van der Waals surface area contributed by atoms with E-state index in [-0.39, 0.29) is 12.1 Å². The summed E-state index contributed by atoms with van der Waals surface area (Å²) in [6.07, 6.45) is 41.1. The Balaban J connectivity index is 3.27. The molecule has 0 saturated carbocycles. The molecule has 1 unspecified atom stereocenters. The summed E-state index contributed by atoms with van der Waals surface area (Å²) in [7, 11) is 0. The topological polar surface area (TPSA) is 63.6 Å². The van der Waals surface area contributed by atoms with Gasteiger partial charge in [-0.05, 0) is 32.6 Å². The maximum Gasteiger partial charge on any atom is 0.306 e. The van der Waals surface area contributed by atoms with Crippen molar-refractivity contribution in [1.29, 1.82) is 0 Å². The fourth-order valence-electron chi connectivity index (χ4n) is 5.99. The van der Waals surface area contributed by atoms with Crippen LogP contribution in [0.25, 0.3) is 0 Å². The average molecular weight is 595 g/mol. The first-order valence-corrected chi connectivity index (χ1v) is 19.0. The lowest BCUT2D eigenvalue weighted by molar-refractivity contribution is -0.148. The summed E-state index contributed by atoms with van der Waals surface area (Å²) < 4.78 is 5.64. The van der Waals surface area contributed by atoms with Crippen LogP contribution in [-0.4, -0.2) is 23.1 Å². The van der Waals surface area contributed by atoms with Gasteiger partial charge in [0.25, 0.3) is 0 Å². The van der Waals surface area contributed by atoms with Crippen molar-refractivity contribution in [3.05, 3.63) is 0 Å². The number of carboxylic acids is 1. The van der Waals surface area contributed by atoms with E-state index in [0.717, 1.165) is 38.5 Å². The van der Waals surface area contributed by atoms with Crippen molar-refractivity contribution in [2.45, 2.75) is 232 Å². The zero-order valence-corrected chi connectivity index (χ0v) is 28.6. The van der Waals surface area contributed by atoms with Gasteiger partial charge in [-0.2, -0.15) is 0 Å². The number of ether oxygens (including phenoxy) is 1. The van der Waals surface area contributed by atoms with Crippen LogP contribution < -0.4 is 0 Å². The minimum Gasteiger partial charge on any atom is -0.481 e. The van der Waals surface area contributed by atoms with Gasteiger partial charge in [0.05, 0.1) is 6.10 Å². The molecule has 0 spiro atoms. The van der Waals surface area contributed by atoms with Gasteiger partial charge in [-0.1, -0.05) is 180 Å². The molecule has 42 heavy (non-hydrogen) atoms. The van der Waals surface area contributed by atoms with Crippen molar-refractivity contribution in [3.63, 3.8) is 0 Å². The van der Waals surface area contributed by atoms with Crippen molar-refractivity contribution in [2.75, 3.05) is 0 Å². The summed E-state index contributed by atoms with van der Waals surface area (Å²) >= 11 is 0. The lowest BCUT2D eigenvalue weighted by atomic mass is 10.0. The van der Waals surface area contributed by atoms with Gasteiger partial charge in [-0.25, -0.2) is 0 Å². The van der Waals surface area contributed by atoms with Gasteiger partial charge >= 0.3 is 11.9 Å². The summed E-state index contributed by atoms with van der Waals surface area (Å²) in [5, 5.41) is 8.64. The molecule has 0 aromatic carbocycles. The smallest absolute Gasteiger partial charge is 0.306 e. The van der Waals surface area contributed by atoms with Crippen LogP contribution in [-0.2, 0) is 14.3 Å². The first-order chi connectivity index (χ1) is 20.6. The largest absolute Gasteiger partial charge is 0.481 e. The molecule has 0 fully saturated rings. The zero-order chi connectivity index (χ0) is 30.8. The van der Waals surface area contributed by atoms with Crippen LogP contribution >= 0.6 is 0 Å². The summed E-state index contributed by atoms with van der Waals surface area (Å²) in [4.78, 5) is 22.6. The molecule has 250 valence electrons. The van der Waals surface area contributed by atoms with Crippen LogP contribution in [0, 0.1) is 0 Å². The van der Waals surface area contributed by atoms with Crippen molar-refractivity contribution < 1.29 is 19.4 Å². The molecule has 0 aliphatic rings. The van der Waals surface area contributed by atoms with Crippen LogP contribution in [0.4, 0.5) is 0 Å². The predicted octanol–water partition coefficient (Wildman–Crippen LogP) is 12.9. The molecule has 0 aromatic heterocycles. The molecule has 4 nitrogen and oxygen atoms in total. The van der Waals surface area contributed by atoms with Gasteiger partial charge in [0.2, 0.25) is 0 Å². The molecular weight excluding hydrogens is 520 g/mol. The second kappa shape index (κ2) is 34.4. The van der Waals surface area contributed by atoms with Crippen LogP contribution in [0.3, 0.4) is 0 Å². The Labute approximate surface area is 262 Å². The highest BCUT2D eigenvalue weighted by Gasteiger charge is 2.09. The van der Waals surface area contributed by atoms with Gasteiger partial charge in [0.1, 0.15) is 0 Å². The maximum atomic E-state index is 12.1. The Morgan fingerprint density at radius 2 is 0.738 bits per heavy atom. The Kier molecular flexibility index (Phi) is 33.6. The second-order valence-corrected chi connectivity index (χ2v) is 13.2. The SMILES string of the molecule is CCCCCCCCCCCCCCCCCCCC(=O)OC(C)CCCCCCCCCCCCCCCC(=O)O. The van der Waals surface area contributed by atoms with Crippen LogP contribution in [0.2, 0.25) is 0 Å². The molecule has 0 heterocycles. The highest BCUT2D eigenvalue weighted by molar-refractivity contribution is 5.69. The minimum atomic E-state index is -0.668. The van der Waals surface area contributed by atoms with Gasteiger partial charge < -0.3 is 9.84 Å². The van der Waals surface area contributed by atoms with Gasteiger partial charge in [0, 0.05) is 12.8 Å². The molecule has 0 aliphatic heterocycles. The van der Waals surface area contributed by atoms with Gasteiger partial charge in [-0.3, -0.25) is 9.59 Å². The fraction of sp³-hybridized carbons (Fsp3) is 0.947. The van der Waals surface area contributed by atoms with E-state index in [1.54, 1.807) is 0 Å². The third kappa shape index (κ3) is 35.1. The lowest BCUT2D eigenvalue weighted by Crippen LogP contribution is -2.14. The monoisotopic (exact) mass is 595 g/mol. The Morgan fingerprint density at radius 3 is 1.07 bits per heavy atom. The number of hydrogen-bond donors (Lipinski definition) is 1. The Bertz CT molecular complexity index is 561. The van der Waals surface area contributed by atoms with E-state index in [2.05, 4.69) is 13.8 Å². The molecular formula is C38H74O4. The standard InChI is InChI=1S/C38H74O4/c1-3-4-5-6-7-8-9-10-11-12-13-17-20-23-26-29-32-35-38(41)42-36(2)33-30-27-24-21-18-15-14-16-19-22-25-28-31-34-37(39)40/h36H,3-35H2,1-2H3,(H,39,40). The number of esters is 1. The summed E-state index contributed by atoms with van der Waals surface area (Å²) in [5.74, 6) is -0.664. The van der Waals surface area contributed by atoms with Gasteiger partial charge in [-0.15, -0.1) is 0 Å². The number of carboxylic acid groups (broad SMARTS) is 1. The third-order valence-electron chi connectivity index (χ3n) is 8.82. The quantitative estimate of drug-likeness (QED) is 0.0585. The molecule has 0 aliphatic carbocycles. The first-order valence-electron chi connectivity index (χ1n) is 19.0. The van der Waals surface area contributed by atoms with Crippen LogP contribution in [0.5, 0.6) is 0 Å². The third-order valence-corrected chi connectivity index (χ3v) is 8.82. The van der Waals surface area contributed by atoms with E-state index in [4.69, 9.17) is 9.84 Å². The normalized spacial score (nSPS) is 12.0. The summed E-state index contributed by atoms with van der Waals surface area (Å²) in [5.41, 5.74) is 0. The highest BCUT2D eigenvalue weighted by Crippen LogP contribution is 2.16.